The van der Waals surface area contributed by atoms with Crippen LogP contribution in [0.1, 0.15) is 47.2 Å². The fourth-order valence-electron chi connectivity index (χ4n) is 4.12. The molecule has 0 spiro atoms. The molecule has 0 unspecified atom stereocenters. The number of carbonyl (C=O) groups is 1. The molecular weight excluding hydrogens is 376 g/mol. The Morgan fingerprint density at radius 2 is 1.77 bits per heavy atom. The third-order valence-electron chi connectivity index (χ3n) is 5.89. The lowest BCUT2D eigenvalue weighted by Crippen LogP contribution is -2.35. The van der Waals surface area contributed by atoms with E-state index in [1.807, 2.05) is 24.4 Å². The van der Waals surface area contributed by atoms with Crippen LogP contribution in [0.4, 0.5) is 5.82 Å². The van der Waals surface area contributed by atoms with E-state index in [-0.39, 0.29) is 5.91 Å². The molecular formula is C24H32N4O2. The second-order valence-corrected chi connectivity index (χ2v) is 8.20. The quantitative estimate of drug-likeness (QED) is 0.795. The molecule has 2 saturated heterocycles. The number of morpholine rings is 1. The van der Waals surface area contributed by atoms with E-state index in [9.17, 15) is 4.79 Å². The summed E-state index contributed by atoms with van der Waals surface area (Å²) in [6.45, 7) is 6.96. The molecule has 2 aliphatic rings. The van der Waals surface area contributed by atoms with Gasteiger partial charge in [0.1, 0.15) is 5.82 Å². The molecule has 0 radical (unpaired) electrons. The number of benzene rings is 1. The van der Waals surface area contributed by atoms with Crippen LogP contribution in [0.15, 0.2) is 42.6 Å². The van der Waals surface area contributed by atoms with Crippen LogP contribution in [0.5, 0.6) is 0 Å². The van der Waals surface area contributed by atoms with Crippen molar-refractivity contribution in [2.24, 2.45) is 0 Å². The van der Waals surface area contributed by atoms with E-state index in [0.29, 0.717) is 12.1 Å². The van der Waals surface area contributed by atoms with Crippen LogP contribution in [-0.4, -0.2) is 55.2 Å². The van der Waals surface area contributed by atoms with Crippen molar-refractivity contribution in [1.29, 1.82) is 0 Å². The van der Waals surface area contributed by atoms with Crippen molar-refractivity contribution in [3.8, 4) is 0 Å². The first kappa shape index (κ1) is 20.8. The smallest absolute Gasteiger partial charge is 0.251 e. The molecule has 6 nitrogen and oxygen atoms in total. The van der Waals surface area contributed by atoms with Crippen LogP contribution in [0, 0.1) is 0 Å². The molecule has 2 fully saturated rings. The lowest BCUT2D eigenvalue weighted by atomic mass is 10.1. The van der Waals surface area contributed by atoms with Crippen LogP contribution >= 0.6 is 0 Å². The maximum atomic E-state index is 12.6. The SMILES string of the molecule is O=C(NCc1ccc(N2CCCCCC2)nc1)c1cccc(CN2CCOCC2)c1. The third kappa shape index (κ3) is 5.80. The Balaban J connectivity index is 1.30. The lowest BCUT2D eigenvalue weighted by molar-refractivity contribution is 0.0342. The van der Waals surface area contributed by atoms with E-state index in [4.69, 9.17) is 4.74 Å². The Kier molecular flexibility index (Phi) is 7.32. The summed E-state index contributed by atoms with van der Waals surface area (Å²) in [4.78, 5) is 22.0. The zero-order valence-corrected chi connectivity index (χ0v) is 17.7. The highest BCUT2D eigenvalue weighted by molar-refractivity contribution is 5.94. The zero-order chi connectivity index (χ0) is 20.6. The van der Waals surface area contributed by atoms with Gasteiger partial charge in [0.15, 0.2) is 0 Å². The minimum atomic E-state index is -0.0459. The van der Waals surface area contributed by atoms with Gasteiger partial charge in [-0.3, -0.25) is 9.69 Å². The van der Waals surface area contributed by atoms with Crippen molar-refractivity contribution >= 4 is 11.7 Å². The molecule has 6 heteroatoms. The standard InChI is InChI=1S/C24H32N4O2/c29-24(22-7-5-6-20(16-22)19-27-12-14-30-15-13-27)26-18-21-8-9-23(25-17-21)28-10-3-1-2-4-11-28/h5-9,16-17H,1-4,10-15,18-19H2,(H,26,29). The molecule has 3 heterocycles. The van der Waals surface area contributed by atoms with Gasteiger partial charge in [-0.25, -0.2) is 4.98 Å². The maximum absolute atomic E-state index is 12.6. The summed E-state index contributed by atoms with van der Waals surface area (Å²) in [7, 11) is 0. The van der Waals surface area contributed by atoms with Gasteiger partial charge in [0.05, 0.1) is 13.2 Å². The van der Waals surface area contributed by atoms with Crippen molar-refractivity contribution < 1.29 is 9.53 Å². The molecule has 4 rings (SSSR count). The fourth-order valence-corrected chi connectivity index (χ4v) is 4.12. The van der Waals surface area contributed by atoms with Gasteiger partial charge in [-0.1, -0.05) is 31.0 Å². The third-order valence-corrected chi connectivity index (χ3v) is 5.89. The number of pyridine rings is 1. The van der Waals surface area contributed by atoms with Gasteiger partial charge in [0, 0.05) is 51.0 Å². The number of ether oxygens (including phenoxy) is 1. The van der Waals surface area contributed by atoms with Gasteiger partial charge >= 0.3 is 0 Å². The van der Waals surface area contributed by atoms with E-state index >= 15 is 0 Å². The number of rotatable bonds is 6. The summed E-state index contributed by atoms with van der Waals surface area (Å²) >= 11 is 0. The summed E-state index contributed by atoms with van der Waals surface area (Å²) in [5.41, 5.74) is 2.88. The number of hydrogen-bond donors (Lipinski definition) is 1. The number of nitrogens with one attached hydrogen (secondary N) is 1. The van der Waals surface area contributed by atoms with Crippen LogP contribution < -0.4 is 10.2 Å². The molecule has 0 atom stereocenters. The van der Waals surface area contributed by atoms with Crippen molar-refractivity contribution in [2.75, 3.05) is 44.3 Å². The van der Waals surface area contributed by atoms with Gasteiger partial charge in [0.25, 0.3) is 5.91 Å². The van der Waals surface area contributed by atoms with E-state index in [0.717, 1.165) is 62.9 Å². The molecule has 160 valence electrons. The minimum Gasteiger partial charge on any atom is -0.379 e. The van der Waals surface area contributed by atoms with Crippen LogP contribution in [-0.2, 0) is 17.8 Å². The van der Waals surface area contributed by atoms with E-state index < -0.39 is 0 Å². The molecule has 1 aromatic heterocycles. The first-order chi connectivity index (χ1) is 14.8. The molecule has 0 bridgehead atoms. The van der Waals surface area contributed by atoms with Gasteiger partial charge in [-0.05, 0) is 42.2 Å². The molecule has 1 aromatic carbocycles. The monoisotopic (exact) mass is 408 g/mol. The Bertz CT molecular complexity index is 810. The number of amides is 1. The Morgan fingerprint density at radius 3 is 2.50 bits per heavy atom. The summed E-state index contributed by atoms with van der Waals surface area (Å²) in [5.74, 6) is 0.998. The van der Waals surface area contributed by atoms with Crippen LogP contribution in [0.25, 0.3) is 0 Å². The van der Waals surface area contributed by atoms with Crippen molar-refractivity contribution in [1.82, 2.24) is 15.2 Å². The van der Waals surface area contributed by atoms with Crippen LogP contribution in [0.3, 0.4) is 0 Å². The molecule has 2 aromatic rings. The Labute approximate surface area is 179 Å². The van der Waals surface area contributed by atoms with Crippen molar-refractivity contribution in [3.05, 3.63) is 59.3 Å². The molecule has 1 N–H and O–H groups in total. The first-order valence-corrected chi connectivity index (χ1v) is 11.1. The average molecular weight is 409 g/mol. The van der Waals surface area contributed by atoms with Gasteiger partial charge in [-0.15, -0.1) is 0 Å². The second kappa shape index (κ2) is 10.5. The number of nitrogens with zero attached hydrogens (tertiary/aromatic N) is 3. The summed E-state index contributed by atoms with van der Waals surface area (Å²) in [6, 6.07) is 12.1. The molecule has 0 saturated carbocycles. The predicted molar refractivity (Wildman–Crippen MR) is 119 cm³/mol. The number of hydrogen-bond acceptors (Lipinski definition) is 5. The van der Waals surface area contributed by atoms with Gasteiger partial charge < -0.3 is 15.0 Å². The molecule has 2 aliphatic heterocycles. The maximum Gasteiger partial charge on any atom is 0.251 e. The molecule has 0 aliphatic carbocycles. The molecule has 1 amide bonds. The highest BCUT2D eigenvalue weighted by atomic mass is 16.5. The fraction of sp³-hybridized carbons (Fsp3) is 0.500. The predicted octanol–water partition coefficient (Wildman–Crippen LogP) is 3.22. The number of aromatic nitrogens is 1. The second-order valence-electron chi connectivity index (χ2n) is 8.20. The summed E-state index contributed by atoms with van der Waals surface area (Å²) < 4.78 is 5.41. The topological polar surface area (TPSA) is 57.7 Å². The summed E-state index contributed by atoms with van der Waals surface area (Å²) in [5, 5.41) is 3.03. The minimum absolute atomic E-state index is 0.0459. The summed E-state index contributed by atoms with van der Waals surface area (Å²) in [6.07, 6.45) is 6.99. The number of anilines is 1. The van der Waals surface area contributed by atoms with Gasteiger partial charge in [-0.2, -0.15) is 0 Å². The van der Waals surface area contributed by atoms with Crippen molar-refractivity contribution in [3.63, 3.8) is 0 Å². The highest BCUT2D eigenvalue weighted by Crippen LogP contribution is 2.17. The van der Waals surface area contributed by atoms with E-state index in [1.54, 1.807) is 0 Å². The Morgan fingerprint density at radius 1 is 0.967 bits per heavy atom. The highest BCUT2D eigenvalue weighted by Gasteiger charge is 2.13. The van der Waals surface area contributed by atoms with Crippen LogP contribution in [0.2, 0.25) is 0 Å². The first-order valence-electron chi connectivity index (χ1n) is 11.1. The number of carbonyl (C=O) groups excluding carboxylic acids is 1. The van der Waals surface area contributed by atoms with E-state index in [1.165, 1.54) is 25.7 Å². The zero-order valence-electron chi connectivity index (χ0n) is 17.7. The largest absolute Gasteiger partial charge is 0.379 e. The van der Waals surface area contributed by atoms with E-state index in [2.05, 4.69) is 38.3 Å². The van der Waals surface area contributed by atoms with Gasteiger partial charge in [0.2, 0.25) is 0 Å². The Hall–Kier alpha value is -2.44. The van der Waals surface area contributed by atoms with Crippen molar-refractivity contribution in [2.45, 2.75) is 38.8 Å². The normalized spacial score (nSPS) is 18.1. The average Bonchev–Trinajstić information content (AvgIpc) is 3.08. The lowest BCUT2D eigenvalue weighted by Gasteiger charge is -2.26. The molecule has 30 heavy (non-hydrogen) atoms.